The lowest BCUT2D eigenvalue weighted by Crippen LogP contribution is -2.35. The van der Waals surface area contributed by atoms with E-state index in [-0.39, 0.29) is 28.8 Å². The molecule has 0 aromatic rings. The van der Waals surface area contributed by atoms with Gasteiger partial charge in [-0.3, -0.25) is 9.59 Å². The van der Waals surface area contributed by atoms with Crippen molar-refractivity contribution in [2.45, 2.75) is 54.9 Å². The van der Waals surface area contributed by atoms with Crippen molar-refractivity contribution in [3.05, 3.63) is 12.2 Å². The third kappa shape index (κ3) is 6.27. The maximum absolute atomic E-state index is 12.4. The minimum atomic E-state index is -0.697. The van der Waals surface area contributed by atoms with Gasteiger partial charge in [0.2, 0.25) is 0 Å². The summed E-state index contributed by atoms with van der Waals surface area (Å²) in [5.74, 6) is -1.45. The number of aldehydes is 1. The van der Waals surface area contributed by atoms with E-state index in [2.05, 4.69) is 0 Å². The third-order valence-corrected chi connectivity index (χ3v) is 3.32. The van der Waals surface area contributed by atoms with Crippen LogP contribution in [0.15, 0.2) is 12.2 Å². The molecule has 0 aromatic heterocycles. The summed E-state index contributed by atoms with van der Waals surface area (Å²) in [5, 5.41) is 0. The van der Waals surface area contributed by atoms with Crippen LogP contribution in [0.5, 0.6) is 0 Å². The number of Topliss-reactive ketones (excluding diaryl/α,β-unsaturated/α-hetero) is 1. The molecular weight excluding hydrogens is 252 g/mol. The fourth-order valence-electron chi connectivity index (χ4n) is 1.91. The van der Waals surface area contributed by atoms with Crippen LogP contribution in [0.25, 0.3) is 0 Å². The summed E-state index contributed by atoms with van der Waals surface area (Å²) in [4.78, 5) is 35.3. The highest BCUT2D eigenvalue weighted by Gasteiger charge is 2.35. The summed E-state index contributed by atoms with van der Waals surface area (Å²) in [6.07, 6.45) is 4.23. The van der Waals surface area contributed by atoms with Gasteiger partial charge in [0.25, 0.3) is 0 Å². The molecule has 0 heterocycles. The average Bonchev–Trinajstić information content (AvgIpc) is 2.28. The number of rotatable bonds is 6. The summed E-state index contributed by atoms with van der Waals surface area (Å²) in [6.45, 7) is 13.4. The molecule has 0 aromatic carbocycles. The second-order valence-electron chi connectivity index (χ2n) is 7.55. The molecule has 1 unspecified atom stereocenters. The minimum absolute atomic E-state index is 0.0926. The van der Waals surface area contributed by atoms with E-state index in [0.717, 1.165) is 6.29 Å². The summed E-state index contributed by atoms with van der Waals surface area (Å²) in [5.41, 5.74) is -0.412. The molecule has 3 nitrogen and oxygen atoms in total. The normalized spacial score (nSPS) is 15.9. The van der Waals surface area contributed by atoms with E-state index in [9.17, 15) is 14.4 Å². The molecule has 0 radical (unpaired) electrons. The molecule has 2 atom stereocenters. The van der Waals surface area contributed by atoms with E-state index in [1.165, 1.54) is 6.08 Å². The van der Waals surface area contributed by atoms with Crippen LogP contribution in [-0.2, 0) is 14.4 Å². The monoisotopic (exact) mass is 280 g/mol. The Kier molecular flexibility index (Phi) is 6.52. The lowest BCUT2D eigenvalue weighted by atomic mass is 9.73. The van der Waals surface area contributed by atoms with E-state index in [1.807, 2.05) is 47.6 Å². The van der Waals surface area contributed by atoms with E-state index < -0.39 is 11.8 Å². The quantitative estimate of drug-likeness (QED) is 0.424. The van der Waals surface area contributed by atoms with Crippen LogP contribution in [-0.4, -0.2) is 17.9 Å². The number of hydrogen-bond acceptors (Lipinski definition) is 3. The average molecular weight is 280 g/mol. The highest BCUT2D eigenvalue weighted by atomic mass is 16.2. The molecule has 0 N–H and O–H groups in total. The van der Waals surface area contributed by atoms with Crippen molar-refractivity contribution in [2.24, 2.45) is 22.7 Å². The van der Waals surface area contributed by atoms with Gasteiger partial charge in [0, 0.05) is 12.3 Å². The van der Waals surface area contributed by atoms with Gasteiger partial charge >= 0.3 is 0 Å². The van der Waals surface area contributed by atoms with Crippen molar-refractivity contribution < 1.29 is 14.4 Å². The predicted octanol–water partition coefficient (Wildman–Crippen LogP) is 3.61. The van der Waals surface area contributed by atoms with Crippen molar-refractivity contribution in [2.75, 3.05) is 0 Å². The van der Waals surface area contributed by atoms with Crippen LogP contribution in [0.3, 0.4) is 0 Å². The first-order chi connectivity index (χ1) is 8.90. The first-order valence-corrected chi connectivity index (χ1v) is 7.10. The minimum Gasteiger partial charge on any atom is -0.303 e. The van der Waals surface area contributed by atoms with Gasteiger partial charge in [-0.1, -0.05) is 47.6 Å². The predicted molar refractivity (Wildman–Crippen MR) is 81.4 cm³/mol. The van der Waals surface area contributed by atoms with Crippen LogP contribution >= 0.6 is 0 Å². The molecule has 20 heavy (non-hydrogen) atoms. The Morgan fingerprint density at radius 3 is 1.90 bits per heavy atom. The maximum Gasteiger partial charge on any atom is 0.165 e. The van der Waals surface area contributed by atoms with Gasteiger partial charge in [0.1, 0.15) is 12.1 Å². The van der Waals surface area contributed by atoms with Gasteiger partial charge in [-0.2, -0.15) is 0 Å². The SMILES string of the molecule is C[C@@H](C(=O)C=CC(C)(C)C)C(=O)C(CC=O)C(C)(C)C. The van der Waals surface area contributed by atoms with Gasteiger partial charge < -0.3 is 4.79 Å². The molecule has 0 bridgehead atoms. The van der Waals surface area contributed by atoms with Gasteiger partial charge in [-0.15, -0.1) is 0 Å². The molecule has 0 aliphatic heterocycles. The summed E-state index contributed by atoms with van der Waals surface area (Å²) in [6, 6.07) is 0. The number of carbonyl (C=O) groups is 3. The molecule has 0 saturated carbocycles. The molecule has 3 heteroatoms. The lowest BCUT2D eigenvalue weighted by molar-refractivity contribution is -0.136. The number of ketones is 2. The summed E-state index contributed by atoms with van der Waals surface area (Å²) in [7, 11) is 0. The van der Waals surface area contributed by atoms with E-state index in [4.69, 9.17) is 0 Å². The molecule has 0 fully saturated rings. The van der Waals surface area contributed by atoms with Crippen LogP contribution < -0.4 is 0 Å². The maximum atomic E-state index is 12.4. The van der Waals surface area contributed by atoms with Crippen molar-refractivity contribution in [1.82, 2.24) is 0 Å². The van der Waals surface area contributed by atoms with Gasteiger partial charge in [0.05, 0.1) is 5.92 Å². The molecule has 0 amide bonds. The first kappa shape index (κ1) is 18.8. The molecule has 0 rings (SSSR count). The zero-order valence-corrected chi connectivity index (χ0v) is 13.8. The smallest absolute Gasteiger partial charge is 0.165 e. The highest BCUT2D eigenvalue weighted by molar-refractivity contribution is 6.08. The molecule has 0 spiro atoms. The molecular formula is C17H28O3. The van der Waals surface area contributed by atoms with Gasteiger partial charge in [-0.25, -0.2) is 0 Å². The Morgan fingerprint density at radius 2 is 1.55 bits per heavy atom. The lowest BCUT2D eigenvalue weighted by Gasteiger charge is -2.29. The molecule has 0 saturated heterocycles. The third-order valence-electron chi connectivity index (χ3n) is 3.32. The van der Waals surface area contributed by atoms with Crippen molar-refractivity contribution >= 4 is 17.9 Å². The topological polar surface area (TPSA) is 51.2 Å². The Morgan fingerprint density at radius 1 is 1.05 bits per heavy atom. The second kappa shape index (κ2) is 6.96. The van der Waals surface area contributed by atoms with Crippen LogP contribution in [0.4, 0.5) is 0 Å². The number of carbonyl (C=O) groups excluding carboxylic acids is 3. The Labute approximate surface area is 122 Å². The second-order valence-corrected chi connectivity index (χ2v) is 7.55. The molecule has 0 aliphatic rings. The van der Waals surface area contributed by atoms with Crippen LogP contribution in [0.1, 0.15) is 54.9 Å². The van der Waals surface area contributed by atoms with Crippen molar-refractivity contribution in [3.63, 3.8) is 0 Å². The van der Waals surface area contributed by atoms with Gasteiger partial charge in [-0.05, 0) is 23.8 Å². The Hall–Kier alpha value is -1.25. The zero-order chi connectivity index (χ0) is 16.1. The number of allylic oxidation sites excluding steroid dienone is 2. The van der Waals surface area contributed by atoms with E-state index in [0.29, 0.717) is 0 Å². The summed E-state index contributed by atoms with van der Waals surface area (Å²) < 4.78 is 0. The molecule has 0 aliphatic carbocycles. The van der Waals surface area contributed by atoms with Gasteiger partial charge in [0.15, 0.2) is 5.78 Å². The standard InChI is InChI=1S/C17H28O3/c1-12(14(19)8-10-16(2,3)4)15(20)13(9-11-18)17(5,6)7/h8,10-13H,9H2,1-7H3/t12-,13?/m0/s1. The zero-order valence-electron chi connectivity index (χ0n) is 13.8. The van der Waals surface area contributed by atoms with Crippen molar-refractivity contribution in [3.8, 4) is 0 Å². The summed E-state index contributed by atoms with van der Waals surface area (Å²) >= 11 is 0. The first-order valence-electron chi connectivity index (χ1n) is 7.10. The van der Waals surface area contributed by atoms with Crippen LogP contribution in [0.2, 0.25) is 0 Å². The van der Waals surface area contributed by atoms with Crippen molar-refractivity contribution in [1.29, 1.82) is 0 Å². The molecule has 114 valence electrons. The Balaban J connectivity index is 5.03. The largest absolute Gasteiger partial charge is 0.303 e. The van der Waals surface area contributed by atoms with E-state index in [1.54, 1.807) is 6.92 Å². The Bertz CT molecular complexity index is 391. The van der Waals surface area contributed by atoms with E-state index >= 15 is 0 Å². The fraction of sp³-hybridized carbons (Fsp3) is 0.706. The highest BCUT2D eigenvalue weighted by Crippen LogP contribution is 2.31. The van der Waals surface area contributed by atoms with Crippen LogP contribution in [0, 0.1) is 22.7 Å². The fourth-order valence-corrected chi connectivity index (χ4v) is 1.91. The number of hydrogen-bond donors (Lipinski definition) is 0.